The van der Waals surface area contributed by atoms with Crippen molar-refractivity contribution in [1.29, 1.82) is 0 Å². The molecule has 46 heavy (non-hydrogen) atoms. The SMILES string of the molecule is C=CC(=O)Nc1cc(Nc2nccc(-c3[nH]c(CCCCO)nc3-c3ccc4ccoc4c3)n2)c(OC)cc1N(C)CCN(C)C. The number of nitrogens with one attached hydrogen (secondary N) is 3. The zero-order valence-electron chi connectivity index (χ0n) is 26.6. The minimum absolute atomic E-state index is 0.131. The van der Waals surface area contributed by atoms with Gasteiger partial charge < -0.3 is 39.7 Å². The molecule has 0 saturated heterocycles. The second kappa shape index (κ2) is 14.7. The molecule has 3 aromatic heterocycles. The number of amides is 1. The van der Waals surface area contributed by atoms with Gasteiger partial charge in [0.05, 0.1) is 47.5 Å². The van der Waals surface area contributed by atoms with E-state index in [9.17, 15) is 9.90 Å². The molecule has 0 aliphatic heterocycles. The van der Waals surface area contributed by atoms with Crippen LogP contribution in [0.15, 0.2) is 72.0 Å². The monoisotopic (exact) mass is 624 g/mol. The molecular weight excluding hydrogens is 584 g/mol. The molecule has 1 amide bonds. The molecule has 0 bridgehead atoms. The second-order valence-electron chi connectivity index (χ2n) is 11.1. The van der Waals surface area contributed by atoms with Crippen molar-refractivity contribution in [2.45, 2.75) is 19.3 Å². The fourth-order valence-corrected chi connectivity index (χ4v) is 5.03. The van der Waals surface area contributed by atoms with Crippen LogP contribution in [0.3, 0.4) is 0 Å². The number of aromatic amines is 1. The molecule has 0 radical (unpaired) electrons. The third kappa shape index (κ3) is 7.53. The average molecular weight is 625 g/mol. The minimum Gasteiger partial charge on any atom is -0.494 e. The predicted octanol–water partition coefficient (Wildman–Crippen LogP) is 5.47. The van der Waals surface area contributed by atoms with E-state index in [1.165, 1.54) is 6.08 Å². The summed E-state index contributed by atoms with van der Waals surface area (Å²) in [5.41, 5.74) is 5.70. The number of nitrogens with zero attached hydrogens (tertiary/aromatic N) is 5. The van der Waals surface area contributed by atoms with Crippen LogP contribution in [0.4, 0.5) is 23.0 Å². The number of carbonyl (C=O) groups is 1. The highest BCUT2D eigenvalue weighted by atomic mass is 16.5. The van der Waals surface area contributed by atoms with Crippen molar-refractivity contribution in [3.05, 3.63) is 73.4 Å². The highest BCUT2D eigenvalue weighted by Gasteiger charge is 2.19. The Morgan fingerprint density at radius 3 is 2.70 bits per heavy atom. The third-order valence-corrected chi connectivity index (χ3v) is 7.52. The summed E-state index contributed by atoms with van der Waals surface area (Å²) >= 11 is 0. The summed E-state index contributed by atoms with van der Waals surface area (Å²) in [5.74, 6) is 1.35. The Hall–Kier alpha value is -5.20. The Morgan fingerprint density at radius 2 is 1.93 bits per heavy atom. The van der Waals surface area contributed by atoms with Gasteiger partial charge in [0.1, 0.15) is 17.2 Å². The van der Waals surface area contributed by atoms with Crippen LogP contribution >= 0.6 is 0 Å². The van der Waals surface area contributed by atoms with Crippen LogP contribution in [-0.2, 0) is 11.2 Å². The summed E-state index contributed by atoms with van der Waals surface area (Å²) in [7, 11) is 7.58. The van der Waals surface area contributed by atoms with Crippen LogP contribution < -0.4 is 20.3 Å². The predicted molar refractivity (Wildman–Crippen MR) is 182 cm³/mol. The van der Waals surface area contributed by atoms with Crippen molar-refractivity contribution in [2.75, 3.05) is 63.5 Å². The third-order valence-electron chi connectivity index (χ3n) is 7.52. The number of ether oxygens (including phenoxy) is 1. The number of methoxy groups -OCH3 is 1. The molecule has 240 valence electrons. The molecule has 4 N–H and O–H groups in total. The number of hydrogen-bond acceptors (Lipinski definition) is 10. The van der Waals surface area contributed by atoms with Gasteiger partial charge in [0, 0.05) is 56.4 Å². The van der Waals surface area contributed by atoms with Crippen molar-refractivity contribution in [3.8, 4) is 28.4 Å². The lowest BCUT2D eigenvalue weighted by atomic mass is 10.1. The first-order chi connectivity index (χ1) is 22.3. The van der Waals surface area contributed by atoms with Crippen molar-refractivity contribution in [3.63, 3.8) is 0 Å². The number of aliphatic hydroxyl groups is 1. The van der Waals surface area contributed by atoms with E-state index in [4.69, 9.17) is 19.1 Å². The number of anilines is 4. The van der Waals surface area contributed by atoms with Gasteiger partial charge in [-0.15, -0.1) is 0 Å². The Morgan fingerprint density at radius 1 is 1.09 bits per heavy atom. The van der Waals surface area contributed by atoms with Crippen molar-refractivity contribution >= 4 is 39.9 Å². The second-order valence-corrected chi connectivity index (χ2v) is 11.1. The van der Waals surface area contributed by atoms with E-state index in [2.05, 4.69) is 37.0 Å². The lowest BCUT2D eigenvalue weighted by molar-refractivity contribution is -0.111. The number of aromatic nitrogens is 4. The number of aryl methyl sites for hydroxylation is 1. The summed E-state index contributed by atoms with van der Waals surface area (Å²) in [5, 5.41) is 16.5. The Balaban J connectivity index is 1.51. The van der Waals surface area contributed by atoms with Gasteiger partial charge in [0.15, 0.2) is 0 Å². The van der Waals surface area contributed by atoms with Crippen LogP contribution in [0, 0.1) is 0 Å². The molecule has 0 aliphatic rings. The molecule has 0 aliphatic carbocycles. The van der Waals surface area contributed by atoms with E-state index >= 15 is 0 Å². The van der Waals surface area contributed by atoms with Crippen molar-refractivity contribution in [1.82, 2.24) is 24.8 Å². The number of H-pyrrole nitrogens is 1. The number of imidazole rings is 1. The first kappa shape index (κ1) is 32.2. The molecule has 0 saturated carbocycles. The fourth-order valence-electron chi connectivity index (χ4n) is 5.03. The maximum Gasteiger partial charge on any atom is 0.247 e. The van der Waals surface area contributed by atoms with Crippen LogP contribution in [0.2, 0.25) is 0 Å². The molecular formula is C34H40N8O4. The minimum atomic E-state index is -0.328. The number of unbranched alkanes of at least 4 members (excludes halogenated alkanes) is 1. The molecule has 0 fully saturated rings. The van der Waals surface area contributed by atoms with Crippen LogP contribution in [-0.4, -0.2) is 83.8 Å². The van der Waals surface area contributed by atoms with E-state index in [0.29, 0.717) is 41.6 Å². The quantitative estimate of drug-likeness (QED) is 0.0874. The van der Waals surface area contributed by atoms with Gasteiger partial charge in [-0.1, -0.05) is 18.7 Å². The summed E-state index contributed by atoms with van der Waals surface area (Å²) in [6, 6.07) is 13.4. The van der Waals surface area contributed by atoms with Crippen LogP contribution in [0.1, 0.15) is 18.7 Å². The summed E-state index contributed by atoms with van der Waals surface area (Å²) < 4.78 is 11.4. The van der Waals surface area contributed by atoms with Crippen molar-refractivity contribution in [2.24, 2.45) is 0 Å². The highest BCUT2D eigenvalue weighted by molar-refractivity contribution is 6.02. The van der Waals surface area contributed by atoms with E-state index < -0.39 is 0 Å². The fraction of sp³-hybridized carbons (Fsp3) is 0.294. The number of aliphatic hydroxyl groups excluding tert-OH is 1. The highest BCUT2D eigenvalue weighted by Crippen LogP contribution is 2.38. The summed E-state index contributed by atoms with van der Waals surface area (Å²) in [6.45, 7) is 5.28. The molecule has 3 heterocycles. The Kier molecular flexibility index (Phi) is 10.3. The molecule has 12 nitrogen and oxygen atoms in total. The van der Waals surface area contributed by atoms with Gasteiger partial charge in [-0.25, -0.2) is 15.0 Å². The number of furan rings is 1. The van der Waals surface area contributed by atoms with Gasteiger partial charge in [-0.2, -0.15) is 0 Å². The molecule has 5 rings (SSSR count). The zero-order valence-corrected chi connectivity index (χ0v) is 26.6. The molecule has 12 heteroatoms. The molecule has 5 aromatic rings. The molecule has 0 unspecified atom stereocenters. The average Bonchev–Trinajstić information content (AvgIpc) is 3.71. The van der Waals surface area contributed by atoms with Crippen LogP contribution in [0.5, 0.6) is 5.75 Å². The Labute approximate surface area is 268 Å². The van der Waals surface area contributed by atoms with Gasteiger partial charge in [0.2, 0.25) is 11.9 Å². The van der Waals surface area contributed by atoms with E-state index in [0.717, 1.165) is 58.9 Å². The lowest BCUT2D eigenvalue weighted by Crippen LogP contribution is -2.29. The molecule has 0 spiro atoms. The number of rotatable bonds is 15. The number of likely N-dealkylation sites (N-methyl/N-ethyl adjacent to an activating group) is 2. The van der Waals surface area contributed by atoms with Gasteiger partial charge in [-0.3, -0.25) is 4.79 Å². The topological polar surface area (TPSA) is 145 Å². The number of fused-ring (bicyclic) bond motifs is 1. The Bertz CT molecular complexity index is 1810. The van der Waals surface area contributed by atoms with E-state index in [1.807, 2.05) is 57.5 Å². The maximum atomic E-state index is 12.4. The molecule has 2 aromatic carbocycles. The standard InChI is InChI=1S/C34H40N8O4/c1-6-31(44)36-25-20-26(29(45-5)21-27(25)42(4)16-15-41(2)3)38-34-35-14-12-24(37-34)33-32(39-30(40-33)9-7-8-17-43)23-11-10-22-13-18-46-28(22)19-23/h6,10-14,18-21,43H,1,7-9,15-17H2,2-5H3,(H,36,44)(H,39,40)(H,35,37,38). The number of hydrogen-bond donors (Lipinski definition) is 4. The number of benzene rings is 2. The molecule has 0 atom stereocenters. The summed E-state index contributed by atoms with van der Waals surface area (Å²) in [6.07, 6.45) is 6.73. The zero-order chi connectivity index (χ0) is 32.6. The first-order valence-corrected chi connectivity index (χ1v) is 15.1. The van der Waals surface area contributed by atoms with Gasteiger partial charge in [0.25, 0.3) is 0 Å². The normalized spacial score (nSPS) is 11.2. The summed E-state index contributed by atoms with van der Waals surface area (Å²) in [4.78, 5) is 34.2. The number of carbonyl (C=O) groups excluding carboxylic acids is 1. The van der Waals surface area contributed by atoms with E-state index in [1.54, 1.807) is 25.6 Å². The van der Waals surface area contributed by atoms with Gasteiger partial charge in [-0.05, 0) is 57.3 Å². The first-order valence-electron chi connectivity index (χ1n) is 15.1. The van der Waals surface area contributed by atoms with E-state index in [-0.39, 0.29) is 12.5 Å². The maximum absolute atomic E-state index is 12.4. The van der Waals surface area contributed by atoms with Crippen LogP contribution in [0.25, 0.3) is 33.6 Å². The lowest BCUT2D eigenvalue weighted by Gasteiger charge is -2.26. The van der Waals surface area contributed by atoms with Gasteiger partial charge >= 0.3 is 0 Å². The smallest absolute Gasteiger partial charge is 0.247 e. The van der Waals surface area contributed by atoms with Crippen molar-refractivity contribution < 1.29 is 19.1 Å². The largest absolute Gasteiger partial charge is 0.494 e.